The summed E-state index contributed by atoms with van der Waals surface area (Å²) in [5.74, 6) is 0.891. The van der Waals surface area contributed by atoms with Gasteiger partial charge in [-0.25, -0.2) is 0 Å². The highest BCUT2D eigenvalue weighted by molar-refractivity contribution is 5.39. The van der Waals surface area contributed by atoms with Crippen molar-refractivity contribution in [3.05, 3.63) is 59.4 Å². The molecule has 0 amide bonds. The molecule has 3 heteroatoms. The molecule has 1 aromatic heterocycles. The standard InChI is InChI=1S/C16H17NO2/c18-16-4-1-13-11-14(2-3-15(13)16)19-10-7-12-5-8-17-9-6-12/h2-3,5-6,8-9,11,16,18H,1,4,7,10H2. The fourth-order valence-electron chi connectivity index (χ4n) is 2.50. The van der Waals surface area contributed by atoms with Crippen LogP contribution in [0.3, 0.4) is 0 Å². The van der Waals surface area contributed by atoms with Crippen molar-refractivity contribution in [3.8, 4) is 5.75 Å². The lowest BCUT2D eigenvalue weighted by Crippen LogP contribution is -2.02. The quantitative estimate of drug-likeness (QED) is 0.913. The molecule has 1 aliphatic carbocycles. The van der Waals surface area contributed by atoms with Gasteiger partial charge in [-0.15, -0.1) is 0 Å². The van der Waals surface area contributed by atoms with Gasteiger partial charge in [0.15, 0.2) is 0 Å². The summed E-state index contributed by atoms with van der Waals surface area (Å²) in [6, 6.07) is 9.98. The third-order valence-electron chi connectivity index (χ3n) is 3.57. The predicted octanol–water partition coefficient (Wildman–Crippen LogP) is 2.68. The normalized spacial score (nSPS) is 17.2. The Balaban J connectivity index is 1.59. The molecule has 1 unspecified atom stereocenters. The second-order valence-corrected chi connectivity index (χ2v) is 4.87. The van der Waals surface area contributed by atoms with E-state index in [2.05, 4.69) is 11.1 Å². The molecule has 1 aromatic carbocycles. The van der Waals surface area contributed by atoms with Gasteiger partial charge in [0.1, 0.15) is 5.75 Å². The summed E-state index contributed by atoms with van der Waals surface area (Å²) in [7, 11) is 0. The van der Waals surface area contributed by atoms with Crippen molar-refractivity contribution in [2.75, 3.05) is 6.61 Å². The van der Waals surface area contributed by atoms with Crippen LogP contribution in [0.4, 0.5) is 0 Å². The van der Waals surface area contributed by atoms with Gasteiger partial charge >= 0.3 is 0 Å². The molecule has 1 heterocycles. The number of aromatic nitrogens is 1. The first-order valence-corrected chi connectivity index (χ1v) is 6.65. The highest BCUT2D eigenvalue weighted by Gasteiger charge is 2.20. The van der Waals surface area contributed by atoms with Crippen LogP contribution in [0.15, 0.2) is 42.7 Å². The zero-order valence-electron chi connectivity index (χ0n) is 10.7. The average molecular weight is 255 g/mol. The molecule has 0 fully saturated rings. The van der Waals surface area contributed by atoms with E-state index < -0.39 is 0 Å². The van der Waals surface area contributed by atoms with Crippen LogP contribution in [0.2, 0.25) is 0 Å². The molecule has 0 aliphatic heterocycles. The Hall–Kier alpha value is -1.87. The van der Waals surface area contributed by atoms with Gasteiger partial charge in [0.05, 0.1) is 12.7 Å². The Kier molecular flexibility index (Phi) is 3.47. The first-order chi connectivity index (χ1) is 9.33. The average Bonchev–Trinajstić information content (AvgIpc) is 2.81. The van der Waals surface area contributed by atoms with Crippen LogP contribution in [0.25, 0.3) is 0 Å². The molecule has 1 N–H and O–H groups in total. The van der Waals surface area contributed by atoms with Crippen LogP contribution in [0.5, 0.6) is 5.75 Å². The Labute approximate surface area is 112 Å². The van der Waals surface area contributed by atoms with E-state index in [-0.39, 0.29) is 6.10 Å². The molecule has 98 valence electrons. The topological polar surface area (TPSA) is 42.4 Å². The van der Waals surface area contributed by atoms with E-state index in [9.17, 15) is 5.11 Å². The number of aliphatic hydroxyl groups excluding tert-OH is 1. The summed E-state index contributed by atoms with van der Waals surface area (Å²) in [5.41, 5.74) is 3.50. The predicted molar refractivity (Wildman–Crippen MR) is 73.2 cm³/mol. The van der Waals surface area contributed by atoms with E-state index in [0.29, 0.717) is 6.61 Å². The third kappa shape index (κ3) is 2.76. The van der Waals surface area contributed by atoms with Crippen molar-refractivity contribution >= 4 is 0 Å². The van der Waals surface area contributed by atoms with Crippen molar-refractivity contribution in [2.45, 2.75) is 25.4 Å². The van der Waals surface area contributed by atoms with Gasteiger partial charge in [-0.1, -0.05) is 6.07 Å². The molecule has 0 saturated carbocycles. The monoisotopic (exact) mass is 255 g/mol. The molecule has 0 spiro atoms. The van der Waals surface area contributed by atoms with Crippen LogP contribution in [0, 0.1) is 0 Å². The minimum atomic E-state index is -0.291. The number of nitrogens with zero attached hydrogens (tertiary/aromatic N) is 1. The van der Waals surface area contributed by atoms with Crippen LogP contribution >= 0.6 is 0 Å². The van der Waals surface area contributed by atoms with Crippen LogP contribution in [0.1, 0.15) is 29.2 Å². The lowest BCUT2D eigenvalue weighted by molar-refractivity contribution is 0.180. The molecule has 1 aliphatic rings. The number of rotatable bonds is 4. The first kappa shape index (κ1) is 12.2. The van der Waals surface area contributed by atoms with Crippen LogP contribution in [-0.2, 0) is 12.8 Å². The minimum absolute atomic E-state index is 0.291. The molecule has 19 heavy (non-hydrogen) atoms. The van der Waals surface area contributed by atoms with Crippen molar-refractivity contribution in [3.63, 3.8) is 0 Å². The number of aryl methyl sites for hydroxylation is 1. The summed E-state index contributed by atoms with van der Waals surface area (Å²) in [5, 5.41) is 9.75. The van der Waals surface area contributed by atoms with Crippen LogP contribution < -0.4 is 4.74 Å². The summed E-state index contributed by atoms with van der Waals surface area (Å²) < 4.78 is 5.77. The van der Waals surface area contributed by atoms with Crippen molar-refractivity contribution in [2.24, 2.45) is 0 Å². The Bertz CT molecular complexity index is 554. The maximum Gasteiger partial charge on any atom is 0.119 e. The number of hydrogen-bond acceptors (Lipinski definition) is 3. The largest absolute Gasteiger partial charge is 0.493 e. The highest BCUT2D eigenvalue weighted by Crippen LogP contribution is 2.33. The van der Waals surface area contributed by atoms with E-state index in [1.807, 2.05) is 24.3 Å². The molecule has 3 nitrogen and oxygen atoms in total. The molecule has 0 bridgehead atoms. The molecule has 3 rings (SSSR count). The van der Waals surface area contributed by atoms with Gasteiger partial charge in [0, 0.05) is 18.8 Å². The number of aliphatic hydroxyl groups is 1. The molecular formula is C16H17NO2. The van der Waals surface area contributed by atoms with E-state index in [0.717, 1.165) is 30.6 Å². The second-order valence-electron chi connectivity index (χ2n) is 4.87. The molecule has 0 radical (unpaired) electrons. The zero-order valence-corrected chi connectivity index (χ0v) is 10.7. The summed E-state index contributed by atoms with van der Waals surface area (Å²) >= 11 is 0. The molecule has 1 atom stereocenters. The molecule has 2 aromatic rings. The summed E-state index contributed by atoms with van der Waals surface area (Å²) in [6.07, 6.45) is 5.95. The maximum absolute atomic E-state index is 9.75. The van der Waals surface area contributed by atoms with Crippen molar-refractivity contribution in [1.29, 1.82) is 0 Å². The smallest absolute Gasteiger partial charge is 0.119 e. The zero-order chi connectivity index (χ0) is 13.1. The third-order valence-corrected chi connectivity index (χ3v) is 3.57. The lowest BCUT2D eigenvalue weighted by atomic mass is 10.1. The fourth-order valence-corrected chi connectivity index (χ4v) is 2.50. The number of hydrogen-bond donors (Lipinski definition) is 1. The Morgan fingerprint density at radius 2 is 2.05 bits per heavy atom. The van der Waals surface area contributed by atoms with Crippen molar-refractivity contribution in [1.82, 2.24) is 4.98 Å². The summed E-state index contributed by atoms with van der Waals surface area (Å²) in [6.45, 7) is 0.658. The minimum Gasteiger partial charge on any atom is -0.493 e. The van der Waals surface area contributed by atoms with Gasteiger partial charge in [-0.05, 0) is 53.8 Å². The number of ether oxygens (including phenoxy) is 1. The second kappa shape index (κ2) is 5.41. The van der Waals surface area contributed by atoms with E-state index in [1.165, 1.54) is 11.1 Å². The Morgan fingerprint density at radius 1 is 1.21 bits per heavy atom. The van der Waals surface area contributed by atoms with Gasteiger partial charge in [-0.3, -0.25) is 4.98 Å². The van der Waals surface area contributed by atoms with Gasteiger partial charge in [0.25, 0.3) is 0 Å². The number of fused-ring (bicyclic) bond motifs is 1. The van der Waals surface area contributed by atoms with Gasteiger partial charge in [0.2, 0.25) is 0 Å². The Morgan fingerprint density at radius 3 is 2.89 bits per heavy atom. The van der Waals surface area contributed by atoms with Crippen molar-refractivity contribution < 1.29 is 9.84 Å². The molecular weight excluding hydrogens is 238 g/mol. The first-order valence-electron chi connectivity index (χ1n) is 6.65. The highest BCUT2D eigenvalue weighted by atomic mass is 16.5. The number of pyridine rings is 1. The van der Waals surface area contributed by atoms with Crippen LogP contribution in [-0.4, -0.2) is 16.7 Å². The van der Waals surface area contributed by atoms with E-state index in [4.69, 9.17) is 4.74 Å². The summed E-state index contributed by atoms with van der Waals surface area (Å²) in [4.78, 5) is 3.99. The lowest BCUT2D eigenvalue weighted by Gasteiger charge is -2.09. The van der Waals surface area contributed by atoms with Gasteiger partial charge in [-0.2, -0.15) is 0 Å². The molecule has 0 saturated heterocycles. The van der Waals surface area contributed by atoms with Gasteiger partial charge < -0.3 is 9.84 Å². The maximum atomic E-state index is 9.75. The van der Waals surface area contributed by atoms with E-state index >= 15 is 0 Å². The van der Waals surface area contributed by atoms with E-state index in [1.54, 1.807) is 12.4 Å². The fraction of sp³-hybridized carbons (Fsp3) is 0.312. The SMILES string of the molecule is OC1CCc2cc(OCCc3ccncc3)ccc21. The number of benzene rings is 1.